The molecular formula is C14H22Cl2N4O2S2. The Labute approximate surface area is 162 Å². The van der Waals surface area contributed by atoms with Gasteiger partial charge in [-0.05, 0) is 30.1 Å². The van der Waals surface area contributed by atoms with Gasteiger partial charge in [-0.1, -0.05) is 6.07 Å². The van der Waals surface area contributed by atoms with E-state index in [2.05, 4.69) is 15.6 Å². The van der Waals surface area contributed by atoms with Gasteiger partial charge in [-0.3, -0.25) is 19.9 Å². The molecule has 2 amide bonds. The molecule has 0 saturated carbocycles. The zero-order chi connectivity index (χ0) is 15.9. The van der Waals surface area contributed by atoms with Crippen LogP contribution in [0.1, 0.15) is 17.4 Å². The lowest BCUT2D eigenvalue weighted by Gasteiger charge is -2.18. The first-order valence-corrected chi connectivity index (χ1v) is 9.42. The van der Waals surface area contributed by atoms with Gasteiger partial charge in [0, 0.05) is 18.1 Å². The third-order valence-electron chi connectivity index (χ3n) is 3.36. The van der Waals surface area contributed by atoms with Crippen LogP contribution in [-0.4, -0.2) is 46.6 Å². The number of hydrogen-bond acceptors (Lipinski definition) is 6. The first-order chi connectivity index (χ1) is 10.6. The van der Waals surface area contributed by atoms with Gasteiger partial charge in [0.15, 0.2) is 0 Å². The number of nitrogens with zero attached hydrogens (tertiary/aromatic N) is 1. The number of amides is 2. The Hall–Kier alpha value is -0.670. The highest BCUT2D eigenvalue weighted by Crippen LogP contribution is 2.32. The second kappa shape index (κ2) is 11.8. The van der Waals surface area contributed by atoms with Gasteiger partial charge in [0.05, 0.1) is 11.4 Å². The van der Waals surface area contributed by atoms with Crippen LogP contribution < -0.4 is 16.4 Å². The highest BCUT2D eigenvalue weighted by atomic mass is 35.5. The molecular weight excluding hydrogens is 391 g/mol. The third kappa shape index (κ3) is 6.68. The molecule has 3 unspecified atom stereocenters. The maximum absolute atomic E-state index is 12.3. The number of hydrogen-bond donors (Lipinski definition) is 3. The van der Waals surface area contributed by atoms with Crippen LogP contribution in [0.2, 0.25) is 0 Å². The van der Waals surface area contributed by atoms with Crippen molar-refractivity contribution < 1.29 is 9.59 Å². The van der Waals surface area contributed by atoms with E-state index in [9.17, 15) is 9.59 Å². The molecule has 1 aliphatic heterocycles. The summed E-state index contributed by atoms with van der Waals surface area (Å²) < 4.78 is 0. The fourth-order valence-corrected chi connectivity index (χ4v) is 3.84. The van der Waals surface area contributed by atoms with Crippen LogP contribution in [0.15, 0.2) is 24.5 Å². The maximum Gasteiger partial charge on any atom is 0.240 e. The van der Waals surface area contributed by atoms with Crippen LogP contribution in [-0.2, 0) is 9.59 Å². The lowest BCUT2D eigenvalue weighted by Crippen LogP contribution is -2.51. The molecule has 0 spiro atoms. The fraction of sp³-hybridized carbons (Fsp3) is 0.500. The Morgan fingerprint density at radius 1 is 1.54 bits per heavy atom. The summed E-state index contributed by atoms with van der Waals surface area (Å²) in [6, 6.07) is 2.91. The Kier molecular flexibility index (Phi) is 11.5. The van der Waals surface area contributed by atoms with E-state index in [1.165, 1.54) is 0 Å². The maximum atomic E-state index is 12.3. The second-order valence-corrected chi connectivity index (χ2v) is 7.09. The SMILES string of the molecule is CSCCC(NC(=O)C1CSC(c2cccnc2)N1)C(N)=O.Cl.Cl. The number of rotatable bonds is 7. The third-order valence-corrected chi connectivity index (χ3v) is 5.27. The number of halogens is 2. The molecule has 2 heterocycles. The Morgan fingerprint density at radius 3 is 2.88 bits per heavy atom. The van der Waals surface area contributed by atoms with Crippen molar-refractivity contribution in [1.29, 1.82) is 0 Å². The second-order valence-electron chi connectivity index (χ2n) is 4.96. The summed E-state index contributed by atoms with van der Waals surface area (Å²) in [4.78, 5) is 27.8. The van der Waals surface area contributed by atoms with Gasteiger partial charge in [0.25, 0.3) is 0 Å². The smallest absolute Gasteiger partial charge is 0.240 e. The van der Waals surface area contributed by atoms with E-state index in [1.54, 1.807) is 35.9 Å². The molecule has 1 fully saturated rings. The van der Waals surface area contributed by atoms with Gasteiger partial charge in [0.1, 0.15) is 6.04 Å². The molecule has 24 heavy (non-hydrogen) atoms. The standard InChI is InChI=1S/C14H20N4O2S2.2ClH/c1-21-6-4-10(12(15)19)17-13(20)11-8-22-14(18-11)9-3-2-5-16-7-9;;/h2-3,5,7,10-11,14,18H,4,6,8H2,1H3,(H2,15,19)(H,17,20);2*1H. The number of primary amides is 1. The Morgan fingerprint density at radius 2 is 2.29 bits per heavy atom. The molecule has 1 aromatic rings. The highest BCUT2D eigenvalue weighted by Gasteiger charge is 2.32. The van der Waals surface area contributed by atoms with Gasteiger partial charge in [0.2, 0.25) is 11.8 Å². The molecule has 1 aromatic heterocycles. The summed E-state index contributed by atoms with van der Waals surface area (Å²) in [5, 5.41) is 6.05. The number of nitrogens with one attached hydrogen (secondary N) is 2. The van der Waals surface area contributed by atoms with Crippen LogP contribution in [0.3, 0.4) is 0 Å². The Balaban J connectivity index is 0.00000264. The first-order valence-electron chi connectivity index (χ1n) is 6.98. The number of carbonyl (C=O) groups excluding carboxylic acids is 2. The minimum Gasteiger partial charge on any atom is -0.368 e. The van der Waals surface area contributed by atoms with E-state index < -0.39 is 11.9 Å². The van der Waals surface area contributed by atoms with Crippen molar-refractivity contribution in [1.82, 2.24) is 15.6 Å². The average molecular weight is 413 g/mol. The van der Waals surface area contributed by atoms with Crippen LogP contribution >= 0.6 is 48.3 Å². The topological polar surface area (TPSA) is 97.1 Å². The van der Waals surface area contributed by atoms with Gasteiger partial charge in [-0.2, -0.15) is 11.8 Å². The van der Waals surface area contributed by atoms with Crippen molar-refractivity contribution in [3.05, 3.63) is 30.1 Å². The minimum atomic E-state index is -0.607. The quantitative estimate of drug-likeness (QED) is 0.625. The first kappa shape index (κ1) is 23.3. The molecule has 2 rings (SSSR count). The molecule has 0 aromatic carbocycles. The van der Waals surface area contributed by atoms with E-state index in [0.29, 0.717) is 12.2 Å². The molecule has 4 N–H and O–H groups in total. The predicted molar refractivity (Wildman–Crippen MR) is 105 cm³/mol. The summed E-state index contributed by atoms with van der Waals surface area (Å²) in [5.41, 5.74) is 6.38. The van der Waals surface area contributed by atoms with E-state index in [-0.39, 0.29) is 42.1 Å². The van der Waals surface area contributed by atoms with Crippen molar-refractivity contribution in [2.24, 2.45) is 5.73 Å². The number of carbonyl (C=O) groups is 2. The molecule has 136 valence electrons. The minimum absolute atomic E-state index is 0. The number of nitrogens with two attached hydrogens (primary N) is 1. The van der Waals surface area contributed by atoms with Crippen molar-refractivity contribution in [2.75, 3.05) is 17.8 Å². The van der Waals surface area contributed by atoms with Crippen molar-refractivity contribution in [3.63, 3.8) is 0 Å². The number of aromatic nitrogens is 1. The van der Waals surface area contributed by atoms with Gasteiger partial charge >= 0.3 is 0 Å². The van der Waals surface area contributed by atoms with Crippen LogP contribution in [0.4, 0.5) is 0 Å². The van der Waals surface area contributed by atoms with Gasteiger partial charge in [-0.15, -0.1) is 36.6 Å². The van der Waals surface area contributed by atoms with Crippen molar-refractivity contribution in [2.45, 2.75) is 23.9 Å². The van der Waals surface area contributed by atoms with Crippen LogP contribution in [0.25, 0.3) is 0 Å². The Bertz CT molecular complexity index is 525. The molecule has 1 saturated heterocycles. The largest absolute Gasteiger partial charge is 0.368 e. The van der Waals surface area contributed by atoms with E-state index in [0.717, 1.165) is 11.3 Å². The summed E-state index contributed by atoms with van der Waals surface area (Å²) in [7, 11) is 0. The lowest BCUT2D eigenvalue weighted by atomic mass is 10.2. The molecule has 0 bridgehead atoms. The lowest BCUT2D eigenvalue weighted by molar-refractivity contribution is -0.128. The molecule has 10 heteroatoms. The van der Waals surface area contributed by atoms with E-state index in [4.69, 9.17) is 5.73 Å². The molecule has 1 aliphatic rings. The van der Waals surface area contributed by atoms with Crippen LogP contribution in [0, 0.1) is 0 Å². The summed E-state index contributed by atoms with van der Waals surface area (Å²) in [6.07, 6.45) is 6.01. The molecule has 0 aliphatic carbocycles. The summed E-state index contributed by atoms with van der Waals surface area (Å²) in [6.45, 7) is 0. The van der Waals surface area contributed by atoms with Crippen LogP contribution in [0.5, 0.6) is 0 Å². The number of pyridine rings is 1. The van der Waals surface area contributed by atoms with E-state index in [1.807, 2.05) is 18.4 Å². The monoisotopic (exact) mass is 412 g/mol. The average Bonchev–Trinajstić information content (AvgIpc) is 3.02. The number of thioether (sulfide) groups is 2. The highest BCUT2D eigenvalue weighted by molar-refractivity contribution is 7.99. The van der Waals surface area contributed by atoms with Crippen molar-refractivity contribution >= 4 is 60.2 Å². The summed E-state index contributed by atoms with van der Waals surface area (Å²) in [5.74, 6) is 0.763. The normalized spacial score (nSPS) is 20.4. The summed E-state index contributed by atoms with van der Waals surface area (Å²) >= 11 is 3.27. The predicted octanol–water partition coefficient (Wildman–Crippen LogP) is 1.35. The zero-order valence-corrected chi connectivity index (χ0v) is 16.4. The van der Waals surface area contributed by atoms with Gasteiger partial charge in [-0.25, -0.2) is 0 Å². The van der Waals surface area contributed by atoms with Crippen molar-refractivity contribution in [3.8, 4) is 0 Å². The van der Waals surface area contributed by atoms with E-state index >= 15 is 0 Å². The molecule has 6 nitrogen and oxygen atoms in total. The van der Waals surface area contributed by atoms with Gasteiger partial charge < -0.3 is 11.1 Å². The zero-order valence-electron chi connectivity index (χ0n) is 13.1. The molecule has 0 radical (unpaired) electrons. The fourth-order valence-electron chi connectivity index (χ4n) is 2.14. The molecule has 3 atom stereocenters.